The third kappa shape index (κ3) is 4.31. The van der Waals surface area contributed by atoms with Crippen LogP contribution in [0.5, 0.6) is 5.75 Å². The van der Waals surface area contributed by atoms with E-state index in [0.717, 1.165) is 29.0 Å². The van der Waals surface area contributed by atoms with Gasteiger partial charge in [0.15, 0.2) is 6.10 Å². The summed E-state index contributed by atoms with van der Waals surface area (Å²) in [5.74, 6) is 0.670. The Morgan fingerprint density at radius 1 is 1.36 bits per heavy atom. The van der Waals surface area contributed by atoms with Crippen LogP contribution in [0.4, 0.5) is 0 Å². The summed E-state index contributed by atoms with van der Waals surface area (Å²) < 4.78 is 5.78. The molecule has 5 heteroatoms. The normalized spacial score (nSPS) is 12.0. The lowest BCUT2D eigenvalue weighted by Gasteiger charge is -2.16. The molecule has 1 heterocycles. The van der Waals surface area contributed by atoms with Crippen molar-refractivity contribution < 1.29 is 9.53 Å². The monoisotopic (exact) mass is 318 g/mol. The fourth-order valence-corrected chi connectivity index (χ4v) is 2.87. The molecule has 0 saturated carbocycles. The number of ether oxygens (including phenoxy) is 1. The molecule has 0 unspecified atom stereocenters. The van der Waals surface area contributed by atoms with Crippen molar-refractivity contribution in [2.75, 3.05) is 6.54 Å². The topological polar surface area (TPSA) is 51.2 Å². The van der Waals surface area contributed by atoms with Crippen LogP contribution in [0.1, 0.15) is 28.6 Å². The molecule has 22 heavy (non-hydrogen) atoms. The zero-order chi connectivity index (χ0) is 16.1. The Morgan fingerprint density at radius 2 is 2.14 bits per heavy atom. The van der Waals surface area contributed by atoms with Crippen molar-refractivity contribution in [1.29, 1.82) is 0 Å². The highest BCUT2D eigenvalue weighted by molar-refractivity contribution is 7.09. The highest BCUT2D eigenvalue weighted by atomic mass is 32.1. The molecule has 1 aromatic heterocycles. The van der Waals surface area contributed by atoms with Crippen molar-refractivity contribution in [3.05, 3.63) is 45.4 Å². The molecule has 1 aromatic carbocycles. The van der Waals surface area contributed by atoms with Gasteiger partial charge in [0.05, 0.1) is 11.2 Å². The van der Waals surface area contributed by atoms with E-state index in [0.29, 0.717) is 6.54 Å². The predicted molar refractivity (Wildman–Crippen MR) is 89.6 cm³/mol. The van der Waals surface area contributed by atoms with Gasteiger partial charge in [-0.2, -0.15) is 0 Å². The van der Waals surface area contributed by atoms with Crippen molar-refractivity contribution in [3.8, 4) is 5.75 Å². The van der Waals surface area contributed by atoms with Crippen LogP contribution in [0.25, 0.3) is 0 Å². The maximum absolute atomic E-state index is 12.1. The number of aromatic nitrogens is 1. The van der Waals surface area contributed by atoms with Crippen LogP contribution in [0.3, 0.4) is 0 Å². The maximum Gasteiger partial charge on any atom is 0.260 e. The van der Waals surface area contributed by atoms with Crippen LogP contribution < -0.4 is 10.1 Å². The van der Waals surface area contributed by atoms with Crippen molar-refractivity contribution in [3.63, 3.8) is 0 Å². The number of thiazole rings is 1. The number of hydrogen-bond acceptors (Lipinski definition) is 4. The van der Waals surface area contributed by atoms with E-state index in [-0.39, 0.29) is 5.91 Å². The second kappa shape index (κ2) is 7.40. The number of hydrogen-bond donors (Lipinski definition) is 1. The summed E-state index contributed by atoms with van der Waals surface area (Å²) >= 11 is 1.62. The molecule has 0 aliphatic heterocycles. The molecule has 0 radical (unpaired) electrons. The minimum absolute atomic E-state index is 0.0944. The molecule has 1 atom stereocenters. The fraction of sp³-hybridized carbons (Fsp3) is 0.412. The first-order valence-corrected chi connectivity index (χ1v) is 8.26. The summed E-state index contributed by atoms with van der Waals surface area (Å²) in [5.41, 5.74) is 5.02. The third-order valence-corrected chi connectivity index (χ3v) is 4.51. The smallest absolute Gasteiger partial charge is 0.260 e. The zero-order valence-corrected chi connectivity index (χ0v) is 14.3. The van der Waals surface area contributed by atoms with E-state index in [1.165, 1.54) is 4.88 Å². The van der Waals surface area contributed by atoms with Crippen LogP contribution in [-0.2, 0) is 11.2 Å². The quantitative estimate of drug-likeness (QED) is 0.890. The van der Waals surface area contributed by atoms with E-state index in [2.05, 4.69) is 10.3 Å². The summed E-state index contributed by atoms with van der Waals surface area (Å²) in [6, 6.07) is 5.99. The Bertz CT molecular complexity index is 652. The van der Waals surface area contributed by atoms with Gasteiger partial charge in [-0.25, -0.2) is 4.98 Å². The molecule has 0 aliphatic carbocycles. The lowest BCUT2D eigenvalue weighted by atomic mass is 10.1. The average molecular weight is 318 g/mol. The van der Waals surface area contributed by atoms with Gasteiger partial charge >= 0.3 is 0 Å². The Hall–Kier alpha value is -1.88. The highest BCUT2D eigenvalue weighted by Gasteiger charge is 2.15. The molecule has 0 saturated heterocycles. The Labute approximate surface area is 135 Å². The van der Waals surface area contributed by atoms with Crippen molar-refractivity contribution in [2.24, 2.45) is 0 Å². The summed E-state index contributed by atoms with van der Waals surface area (Å²) in [6.45, 7) is 8.34. The third-order valence-electron chi connectivity index (χ3n) is 3.51. The lowest BCUT2D eigenvalue weighted by Crippen LogP contribution is -2.37. The van der Waals surface area contributed by atoms with Crippen LogP contribution >= 0.6 is 11.3 Å². The number of rotatable bonds is 6. The van der Waals surface area contributed by atoms with Gasteiger partial charge in [0.2, 0.25) is 0 Å². The van der Waals surface area contributed by atoms with E-state index in [1.54, 1.807) is 18.3 Å². The largest absolute Gasteiger partial charge is 0.481 e. The van der Waals surface area contributed by atoms with E-state index in [4.69, 9.17) is 4.74 Å². The van der Waals surface area contributed by atoms with Crippen LogP contribution in [-0.4, -0.2) is 23.5 Å². The van der Waals surface area contributed by atoms with Gasteiger partial charge in [0.1, 0.15) is 5.75 Å². The maximum atomic E-state index is 12.1. The SMILES string of the molecule is Cc1ccc(C)c(O[C@@H](C)C(=O)NCCc2scnc2C)c1. The van der Waals surface area contributed by atoms with Gasteiger partial charge < -0.3 is 10.1 Å². The number of amides is 1. The van der Waals surface area contributed by atoms with Crippen molar-refractivity contribution in [2.45, 2.75) is 40.2 Å². The Morgan fingerprint density at radius 3 is 2.82 bits per heavy atom. The number of nitrogens with one attached hydrogen (secondary N) is 1. The minimum Gasteiger partial charge on any atom is -0.481 e. The molecule has 1 amide bonds. The number of nitrogens with zero attached hydrogens (tertiary/aromatic N) is 1. The molecule has 4 nitrogen and oxygen atoms in total. The summed E-state index contributed by atoms with van der Waals surface area (Å²) in [7, 11) is 0. The van der Waals surface area contributed by atoms with Gasteiger partial charge in [-0.3, -0.25) is 4.79 Å². The van der Waals surface area contributed by atoms with E-state index >= 15 is 0 Å². The Balaban J connectivity index is 1.84. The number of carbonyl (C=O) groups is 1. The zero-order valence-electron chi connectivity index (χ0n) is 13.5. The summed E-state index contributed by atoms with van der Waals surface area (Å²) in [6.07, 6.45) is 0.293. The molecular formula is C17H22N2O2S. The molecule has 0 bridgehead atoms. The minimum atomic E-state index is -0.511. The van der Waals surface area contributed by atoms with Crippen LogP contribution in [0.2, 0.25) is 0 Å². The van der Waals surface area contributed by atoms with Gasteiger partial charge in [0.25, 0.3) is 5.91 Å². The average Bonchev–Trinajstić information content (AvgIpc) is 2.88. The second-order valence-corrected chi connectivity index (χ2v) is 6.37. The van der Waals surface area contributed by atoms with E-state index < -0.39 is 6.10 Å². The number of carbonyl (C=O) groups excluding carboxylic acids is 1. The van der Waals surface area contributed by atoms with Gasteiger partial charge in [0, 0.05) is 17.8 Å². The van der Waals surface area contributed by atoms with Crippen molar-refractivity contribution in [1.82, 2.24) is 10.3 Å². The molecule has 118 valence electrons. The van der Waals surface area contributed by atoms with Gasteiger partial charge in [-0.05, 0) is 44.9 Å². The summed E-state index contributed by atoms with van der Waals surface area (Å²) in [4.78, 5) is 17.5. The molecule has 2 aromatic rings. The standard InChI is InChI=1S/C17H22N2O2S/c1-11-5-6-12(2)15(9-11)21-14(4)17(20)18-8-7-16-13(3)19-10-22-16/h5-6,9-10,14H,7-8H2,1-4H3,(H,18,20)/t14-/m0/s1. The Kier molecular flexibility index (Phi) is 5.55. The molecule has 0 spiro atoms. The fourth-order valence-electron chi connectivity index (χ4n) is 2.09. The van der Waals surface area contributed by atoms with Crippen LogP contribution in [0.15, 0.2) is 23.7 Å². The molecule has 2 rings (SSSR count). The number of benzene rings is 1. The molecular weight excluding hydrogens is 296 g/mol. The summed E-state index contributed by atoms with van der Waals surface area (Å²) in [5, 5.41) is 2.92. The number of aryl methyl sites for hydroxylation is 3. The second-order valence-electron chi connectivity index (χ2n) is 5.43. The van der Waals surface area contributed by atoms with E-state index in [1.807, 2.05) is 44.5 Å². The first kappa shape index (κ1) is 16.5. The van der Waals surface area contributed by atoms with Crippen molar-refractivity contribution >= 4 is 17.2 Å². The molecule has 1 N–H and O–H groups in total. The van der Waals surface area contributed by atoms with E-state index in [9.17, 15) is 4.79 Å². The highest BCUT2D eigenvalue weighted by Crippen LogP contribution is 2.20. The molecule has 0 fully saturated rings. The first-order valence-electron chi connectivity index (χ1n) is 7.38. The van der Waals surface area contributed by atoms with Crippen LogP contribution in [0, 0.1) is 20.8 Å². The van der Waals surface area contributed by atoms with Gasteiger partial charge in [-0.15, -0.1) is 11.3 Å². The van der Waals surface area contributed by atoms with Gasteiger partial charge in [-0.1, -0.05) is 12.1 Å². The molecule has 0 aliphatic rings. The first-order chi connectivity index (χ1) is 10.5. The predicted octanol–water partition coefficient (Wildman–Crippen LogP) is 3.19. The lowest BCUT2D eigenvalue weighted by molar-refractivity contribution is -0.127.